The zero-order chi connectivity index (χ0) is 23.3. The third kappa shape index (κ3) is 5.31. The minimum atomic E-state index is -5.08. The van der Waals surface area contributed by atoms with Crippen molar-refractivity contribution in [3.05, 3.63) is 71.6 Å². The number of rotatable bonds is 3. The molecule has 2 aromatic heterocycles. The zero-order valence-electron chi connectivity index (χ0n) is 16.5. The number of aromatic nitrogens is 4. The molecular weight excluding hydrogens is 429 g/mol. The Morgan fingerprint density at radius 2 is 1.97 bits per heavy atom. The average molecular weight is 446 g/mol. The maximum Gasteiger partial charge on any atom is 0.490 e. The van der Waals surface area contributed by atoms with E-state index in [0.717, 1.165) is 11.5 Å². The maximum atomic E-state index is 12.7. The van der Waals surface area contributed by atoms with Crippen LogP contribution in [-0.4, -0.2) is 53.9 Å². The van der Waals surface area contributed by atoms with Gasteiger partial charge >= 0.3 is 12.1 Å². The second-order valence-electron chi connectivity index (χ2n) is 6.74. The van der Waals surface area contributed by atoms with Crippen LogP contribution >= 0.6 is 0 Å². The lowest BCUT2D eigenvalue weighted by Gasteiger charge is -2.28. The molecule has 0 atom stereocenters. The monoisotopic (exact) mass is 446 g/mol. The van der Waals surface area contributed by atoms with Gasteiger partial charge in [0.15, 0.2) is 0 Å². The molecular formula is C20H17F3N6O3. The van der Waals surface area contributed by atoms with Gasteiger partial charge in [0.25, 0.3) is 5.91 Å². The molecule has 12 heteroatoms. The molecule has 0 bridgehead atoms. The molecule has 3 heterocycles. The van der Waals surface area contributed by atoms with Gasteiger partial charge in [-0.2, -0.15) is 23.5 Å². The summed E-state index contributed by atoms with van der Waals surface area (Å²) in [5, 5.41) is 20.3. The molecule has 0 fully saturated rings. The first-order valence-electron chi connectivity index (χ1n) is 9.29. The number of amides is 1. The molecule has 166 valence electrons. The molecule has 1 N–H and O–H groups in total. The van der Waals surface area contributed by atoms with Gasteiger partial charge in [0.1, 0.15) is 5.82 Å². The number of aliphatic carboxylic acids is 1. The van der Waals surface area contributed by atoms with E-state index < -0.39 is 12.1 Å². The third-order valence-electron chi connectivity index (χ3n) is 4.60. The number of imidazole rings is 1. The van der Waals surface area contributed by atoms with Crippen molar-refractivity contribution in [2.75, 3.05) is 6.54 Å². The quantitative estimate of drug-likeness (QED) is 0.660. The van der Waals surface area contributed by atoms with E-state index >= 15 is 0 Å². The predicted molar refractivity (Wildman–Crippen MR) is 103 cm³/mol. The molecule has 4 rings (SSSR count). The summed E-state index contributed by atoms with van der Waals surface area (Å²) in [4.78, 5) is 27.8. The summed E-state index contributed by atoms with van der Waals surface area (Å²) in [6.07, 6.45) is 0.436. The van der Waals surface area contributed by atoms with Crippen molar-refractivity contribution >= 4 is 11.9 Å². The largest absolute Gasteiger partial charge is 0.490 e. The van der Waals surface area contributed by atoms with Crippen molar-refractivity contribution in [3.8, 4) is 6.07 Å². The Morgan fingerprint density at radius 3 is 2.59 bits per heavy atom. The Kier molecular flexibility index (Phi) is 6.58. The van der Waals surface area contributed by atoms with E-state index in [2.05, 4.69) is 20.7 Å². The van der Waals surface area contributed by atoms with Crippen molar-refractivity contribution in [3.63, 3.8) is 0 Å². The highest BCUT2D eigenvalue weighted by Gasteiger charge is 2.38. The molecule has 0 radical (unpaired) electrons. The lowest BCUT2D eigenvalue weighted by molar-refractivity contribution is -0.192. The van der Waals surface area contributed by atoms with Gasteiger partial charge in [0.2, 0.25) is 0 Å². The molecule has 9 nitrogen and oxygen atoms in total. The molecule has 1 aliphatic heterocycles. The Morgan fingerprint density at radius 1 is 1.22 bits per heavy atom. The summed E-state index contributed by atoms with van der Waals surface area (Å²) in [7, 11) is 0. The number of alkyl halides is 3. The number of carbonyl (C=O) groups excluding carboxylic acids is 1. The van der Waals surface area contributed by atoms with Crippen molar-refractivity contribution in [1.29, 1.82) is 5.26 Å². The molecule has 0 spiro atoms. The number of hydrogen-bond donors (Lipinski definition) is 1. The second-order valence-corrected chi connectivity index (χ2v) is 6.74. The second kappa shape index (κ2) is 9.34. The van der Waals surface area contributed by atoms with E-state index in [9.17, 15) is 18.0 Å². The number of carbonyl (C=O) groups is 2. The molecule has 0 saturated carbocycles. The Bertz CT molecular complexity index is 1150. The van der Waals surface area contributed by atoms with Crippen LogP contribution in [0.3, 0.4) is 0 Å². The number of nitriles is 1. The molecule has 3 aromatic rings. The maximum absolute atomic E-state index is 12.7. The first-order valence-corrected chi connectivity index (χ1v) is 9.29. The van der Waals surface area contributed by atoms with Crippen LogP contribution in [0.2, 0.25) is 0 Å². The Labute approximate surface area is 179 Å². The van der Waals surface area contributed by atoms with Crippen LogP contribution in [0.4, 0.5) is 13.2 Å². The standard InChI is InChI=1S/C18H16N6O.C2HF3O2/c19-10-14-3-1-4-15(9-14)18(25)22-7-8-24-16(11-20-17(24)13-22)12-23-6-2-5-21-23;3-2(4,5)1(6)7/h1-6,9,11H,7-8,12-13H2;(H,6,7). The number of benzene rings is 1. The molecule has 0 unspecified atom stereocenters. The van der Waals surface area contributed by atoms with Crippen molar-refractivity contribution in [2.45, 2.75) is 25.8 Å². The molecule has 1 aliphatic rings. The van der Waals surface area contributed by atoms with Crippen LogP contribution in [-0.2, 0) is 24.4 Å². The number of carboxylic acids is 1. The first kappa shape index (κ1) is 22.5. The van der Waals surface area contributed by atoms with Gasteiger partial charge in [-0.15, -0.1) is 0 Å². The summed E-state index contributed by atoms with van der Waals surface area (Å²) in [5.41, 5.74) is 2.11. The van der Waals surface area contributed by atoms with Crippen molar-refractivity contribution in [1.82, 2.24) is 24.2 Å². The van der Waals surface area contributed by atoms with Crippen LogP contribution in [0, 0.1) is 11.3 Å². The topological polar surface area (TPSA) is 117 Å². The zero-order valence-corrected chi connectivity index (χ0v) is 16.5. The molecule has 1 amide bonds. The van der Waals surface area contributed by atoms with Gasteiger partial charge < -0.3 is 14.6 Å². The van der Waals surface area contributed by atoms with E-state index in [1.54, 1.807) is 35.4 Å². The van der Waals surface area contributed by atoms with Gasteiger partial charge in [-0.1, -0.05) is 6.07 Å². The molecule has 32 heavy (non-hydrogen) atoms. The van der Waals surface area contributed by atoms with E-state index in [-0.39, 0.29) is 5.91 Å². The lowest BCUT2D eigenvalue weighted by Crippen LogP contribution is -2.39. The average Bonchev–Trinajstić information content (AvgIpc) is 3.43. The van der Waals surface area contributed by atoms with Crippen LogP contribution in [0.25, 0.3) is 0 Å². The SMILES string of the molecule is N#Cc1cccc(C(=O)N2CCn3c(Cn4cccn4)cnc3C2)c1.O=C(O)C(F)(F)F. The van der Waals surface area contributed by atoms with Crippen LogP contribution in [0.1, 0.15) is 27.4 Å². The summed E-state index contributed by atoms with van der Waals surface area (Å²) < 4.78 is 35.7. The van der Waals surface area contributed by atoms with Crippen molar-refractivity contribution < 1.29 is 27.9 Å². The normalized spacial score (nSPS) is 12.9. The van der Waals surface area contributed by atoms with E-state index in [0.29, 0.717) is 37.3 Å². The van der Waals surface area contributed by atoms with Gasteiger partial charge in [-0.3, -0.25) is 9.48 Å². The lowest BCUT2D eigenvalue weighted by atomic mass is 10.1. The van der Waals surface area contributed by atoms with Crippen LogP contribution < -0.4 is 0 Å². The van der Waals surface area contributed by atoms with Crippen LogP contribution in [0.15, 0.2) is 48.9 Å². The Hall–Kier alpha value is -4.14. The van der Waals surface area contributed by atoms with Gasteiger partial charge in [0.05, 0.1) is 36.6 Å². The number of hydrogen-bond acceptors (Lipinski definition) is 5. The van der Waals surface area contributed by atoms with E-state index in [1.165, 1.54) is 0 Å². The number of halogens is 3. The third-order valence-corrected chi connectivity index (χ3v) is 4.60. The molecule has 0 aliphatic carbocycles. The summed E-state index contributed by atoms with van der Waals surface area (Å²) in [6, 6.07) is 10.8. The highest BCUT2D eigenvalue weighted by Crippen LogP contribution is 2.18. The molecule has 0 saturated heterocycles. The number of fused-ring (bicyclic) bond motifs is 1. The summed E-state index contributed by atoms with van der Waals surface area (Å²) in [5.74, 6) is -1.95. The highest BCUT2D eigenvalue weighted by molar-refractivity contribution is 5.94. The Balaban J connectivity index is 0.000000360. The van der Waals surface area contributed by atoms with E-state index in [4.69, 9.17) is 15.2 Å². The number of carboxylic acid groups (broad SMARTS) is 1. The van der Waals surface area contributed by atoms with Gasteiger partial charge in [-0.05, 0) is 24.3 Å². The predicted octanol–water partition coefficient (Wildman–Crippen LogP) is 2.29. The minimum absolute atomic E-state index is 0.0695. The fraction of sp³-hybridized carbons (Fsp3) is 0.250. The minimum Gasteiger partial charge on any atom is -0.475 e. The van der Waals surface area contributed by atoms with E-state index in [1.807, 2.05) is 23.1 Å². The van der Waals surface area contributed by atoms with Crippen molar-refractivity contribution in [2.24, 2.45) is 0 Å². The highest BCUT2D eigenvalue weighted by atomic mass is 19.4. The smallest absolute Gasteiger partial charge is 0.475 e. The summed E-state index contributed by atoms with van der Waals surface area (Å²) in [6.45, 7) is 2.45. The van der Waals surface area contributed by atoms with Crippen LogP contribution in [0.5, 0.6) is 0 Å². The van der Waals surface area contributed by atoms with Gasteiger partial charge in [0, 0.05) is 31.0 Å². The van der Waals surface area contributed by atoms with Gasteiger partial charge in [-0.25, -0.2) is 9.78 Å². The summed E-state index contributed by atoms with van der Waals surface area (Å²) >= 11 is 0. The number of nitrogens with zero attached hydrogens (tertiary/aromatic N) is 6. The first-order chi connectivity index (χ1) is 15.2. The molecule has 1 aromatic carbocycles. The fourth-order valence-corrected chi connectivity index (χ4v) is 3.09. The fourth-order valence-electron chi connectivity index (χ4n) is 3.09.